The van der Waals surface area contributed by atoms with Gasteiger partial charge in [0.25, 0.3) is 0 Å². The second-order valence-electron chi connectivity index (χ2n) is 8.06. The Hall–Kier alpha value is -0.460. The number of hydrogen-bond acceptors (Lipinski definition) is 4. The maximum atomic E-state index is 4.50. The highest BCUT2D eigenvalue weighted by atomic mass is 32.2. The lowest BCUT2D eigenvalue weighted by Crippen LogP contribution is -2.59. The van der Waals surface area contributed by atoms with E-state index < -0.39 is 0 Å². The SMILES string of the molecule is CN=C(NCC1(N(C)C)CCSC1)NC1CC2CCCC(C1)N2C. The highest BCUT2D eigenvalue weighted by Crippen LogP contribution is 2.33. The summed E-state index contributed by atoms with van der Waals surface area (Å²) in [6.45, 7) is 0.978. The van der Waals surface area contributed by atoms with Crippen molar-refractivity contribution < 1.29 is 0 Å². The van der Waals surface area contributed by atoms with E-state index in [-0.39, 0.29) is 5.54 Å². The number of piperidine rings is 2. The maximum absolute atomic E-state index is 4.50. The van der Waals surface area contributed by atoms with Crippen molar-refractivity contribution in [3.8, 4) is 0 Å². The van der Waals surface area contributed by atoms with Gasteiger partial charge in [0.05, 0.1) is 0 Å². The third-order valence-corrected chi connectivity index (χ3v) is 7.75. The number of likely N-dealkylation sites (N-methyl/N-ethyl adjacent to an activating group) is 1. The first-order chi connectivity index (χ1) is 11.5. The molecule has 138 valence electrons. The van der Waals surface area contributed by atoms with E-state index in [0.717, 1.165) is 24.6 Å². The molecule has 3 aliphatic heterocycles. The highest BCUT2D eigenvalue weighted by molar-refractivity contribution is 7.99. The molecule has 5 nitrogen and oxygen atoms in total. The van der Waals surface area contributed by atoms with Crippen LogP contribution in [0.2, 0.25) is 0 Å². The zero-order valence-electron chi connectivity index (χ0n) is 15.8. The fourth-order valence-corrected chi connectivity index (χ4v) is 6.17. The smallest absolute Gasteiger partial charge is 0.191 e. The number of fused-ring (bicyclic) bond motifs is 2. The largest absolute Gasteiger partial charge is 0.355 e. The summed E-state index contributed by atoms with van der Waals surface area (Å²) in [6, 6.07) is 2.08. The van der Waals surface area contributed by atoms with Gasteiger partial charge in [-0.05, 0) is 59.0 Å². The fourth-order valence-electron chi connectivity index (χ4n) is 4.62. The predicted octanol–water partition coefficient (Wildman–Crippen LogP) is 1.60. The molecule has 0 amide bonds. The molecule has 3 atom stereocenters. The number of rotatable bonds is 4. The molecule has 3 unspecified atom stereocenters. The second-order valence-corrected chi connectivity index (χ2v) is 9.17. The second kappa shape index (κ2) is 7.83. The van der Waals surface area contributed by atoms with Gasteiger partial charge in [0.15, 0.2) is 5.96 Å². The van der Waals surface area contributed by atoms with Crippen LogP contribution in [0.5, 0.6) is 0 Å². The van der Waals surface area contributed by atoms with E-state index in [2.05, 4.69) is 58.3 Å². The number of thioether (sulfide) groups is 1. The van der Waals surface area contributed by atoms with Gasteiger partial charge in [-0.25, -0.2) is 0 Å². The lowest BCUT2D eigenvalue weighted by atomic mass is 9.82. The minimum absolute atomic E-state index is 0.269. The van der Waals surface area contributed by atoms with Crippen LogP contribution in [0.15, 0.2) is 4.99 Å². The quantitative estimate of drug-likeness (QED) is 0.594. The van der Waals surface area contributed by atoms with Gasteiger partial charge in [0.1, 0.15) is 0 Å². The molecule has 0 aromatic rings. The molecule has 0 radical (unpaired) electrons. The van der Waals surface area contributed by atoms with Crippen LogP contribution in [0.25, 0.3) is 0 Å². The fraction of sp³-hybridized carbons (Fsp3) is 0.944. The molecule has 3 heterocycles. The summed E-state index contributed by atoms with van der Waals surface area (Å²) in [5.74, 6) is 3.47. The summed E-state index contributed by atoms with van der Waals surface area (Å²) >= 11 is 2.07. The Kier molecular flexibility index (Phi) is 5.98. The Morgan fingerprint density at radius 2 is 2.00 bits per heavy atom. The van der Waals surface area contributed by atoms with Gasteiger partial charge in [0.2, 0.25) is 0 Å². The first-order valence-electron chi connectivity index (χ1n) is 9.48. The summed E-state index contributed by atoms with van der Waals surface area (Å²) < 4.78 is 0. The van der Waals surface area contributed by atoms with Crippen molar-refractivity contribution in [1.82, 2.24) is 20.4 Å². The Labute approximate surface area is 152 Å². The first-order valence-corrected chi connectivity index (χ1v) is 10.6. The van der Waals surface area contributed by atoms with Crippen LogP contribution in [0.3, 0.4) is 0 Å². The molecular formula is C18H35N5S. The van der Waals surface area contributed by atoms with Crippen molar-refractivity contribution in [3.05, 3.63) is 0 Å². The highest BCUT2D eigenvalue weighted by Gasteiger charge is 2.38. The zero-order valence-corrected chi connectivity index (χ0v) is 16.7. The number of aliphatic imine (C=N–C) groups is 1. The van der Waals surface area contributed by atoms with Crippen LogP contribution < -0.4 is 10.6 Å². The lowest BCUT2D eigenvalue weighted by Gasteiger charge is -2.47. The van der Waals surface area contributed by atoms with Crippen molar-refractivity contribution in [2.45, 2.75) is 62.2 Å². The summed E-state index contributed by atoms with van der Waals surface area (Å²) in [6.07, 6.45) is 7.89. The Balaban J connectivity index is 1.54. The molecule has 24 heavy (non-hydrogen) atoms. The molecule has 3 rings (SSSR count). The van der Waals surface area contributed by atoms with Crippen LogP contribution in [0.4, 0.5) is 0 Å². The van der Waals surface area contributed by atoms with E-state index in [1.807, 2.05) is 7.05 Å². The van der Waals surface area contributed by atoms with E-state index in [1.54, 1.807) is 0 Å². The van der Waals surface area contributed by atoms with Crippen molar-refractivity contribution in [3.63, 3.8) is 0 Å². The lowest BCUT2D eigenvalue weighted by molar-refractivity contribution is 0.0526. The average Bonchev–Trinajstić information content (AvgIpc) is 3.02. The van der Waals surface area contributed by atoms with Gasteiger partial charge in [-0.2, -0.15) is 11.8 Å². The topological polar surface area (TPSA) is 42.9 Å². The van der Waals surface area contributed by atoms with Gasteiger partial charge in [-0.15, -0.1) is 0 Å². The minimum Gasteiger partial charge on any atom is -0.355 e. The third kappa shape index (κ3) is 3.86. The molecule has 0 saturated carbocycles. The number of guanidine groups is 1. The molecule has 3 aliphatic rings. The molecule has 3 fully saturated rings. The molecule has 0 aromatic carbocycles. The van der Waals surface area contributed by atoms with E-state index in [1.165, 1.54) is 50.0 Å². The van der Waals surface area contributed by atoms with E-state index in [0.29, 0.717) is 6.04 Å². The summed E-state index contributed by atoms with van der Waals surface area (Å²) in [5.41, 5.74) is 0.269. The van der Waals surface area contributed by atoms with Gasteiger partial charge in [0, 0.05) is 43.0 Å². The van der Waals surface area contributed by atoms with Crippen molar-refractivity contribution in [2.24, 2.45) is 4.99 Å². The summed E-state index contributed by atoms with van der Waals surface area (Å²) in [4.78, 5) is 9.52. The number of nitrogens with one attached hydrogen (secondary N) is 2. The zero-order chi connectivity index (χ0) is 17.2. The van der Waals surface area contributed by atoms with Gasteiger partial charge >= 0.3 is 0 Å². The standard InChI is InChI=1S/C18H35N5S/c1-19-17(20-12-18(22(2)3)8-9-24-13-18)21-14-10-15-6-5-7-16(11-14)23(15)4/h14-16H,5-13H2,1-4H3,(H2,19,20,21). The Morgan fingerprint density at radius 3 is 2.54 bits per heavy atom. The molecule has 2 N–H and O–H groups in total. The van der Waals surface area contributed by atoms with Crippen LogP contribution in [-0.4, -0.2) is 85.7 Å². The summed E-state index contributed by atoms with van der Waals surface area (Å²) in [5, 5.41) is 7.35. The van der Waals surface area contributed by atoms with Gasteiger partial charge in [-0.1, -0.05) is 6.42 Å². The predicted molar refractivity (Wildman–Crippen MR) is 105 cm³/mol. The Bertz CT molecular complexity index is 433. The van der Waals surface area contributed by atoms with Crippen LogP contribution in [-0.2, 0) is 0 Å². The third-order valence-electron chi connectivity index (χ3n) is 6.52. The van der Waals surface area contributed by atoms with Crippen molar-refractivity contribution in [1.29, 1.82) is 0 Å². The maximum Gasteiger partial charge on any atom is 0.191 e. The first kappa shape index (κ1) is 18.3. The molecule has 0 aliphatic carbocycles. The monoisotopic (exact) mass is 353 g/mol. The van der Waals surface area contributed by atoms with Crippen LogP contribution in [0, 0.1) is 0 Å². The normalized spacial score (nSPS) is 37.7. The molecular weight excluding hydrogens is 318 g/mol. The summed E-state index contributed by atoms with van der Waals surface area (Å²) in [7, 11) is 8.64. The van der Waals surface area contributed by atoms with Crippen LogP contribution >= 0.6 is 11.8 Å². The molecule has 3 saturated heterocycles. The molecule has 0 aromatic heterocycles. The number of hydrogen-bond donors (Lipinski definition) is 2. The van der Waals surface area contributed by atoms with Crippen molar-refractivity contribution in [2.75, 3.05) is 46.2 Å². The van der Waals surface area contributed by atoms with Gasteiger partial charge < -0.3 is 20.4 Å². The minimum atomic E-state index is 0.269. The number of nitrogens with zero attached hydrogens (tertiary/aromatic N) is 3. The van der Waals surface area contributed by atoms with Gasteiger partial charge in [-0.3, -0.25) is 4.99 Å². The molecule has 0 spiro atoms. The van der Waals surface area contributed by atoms with E-state index in [9.17, 15) is 0 Å². The molecule has 6 heteroatoms. The average molecular weight is 354 g/mol. The van der Waals surface area contributed by atoms with E-state index >= 15 is 0 Å². The van der Waals surface area contributed by atoms with Crippen molar-refractivity contribution >= 4 is 17.7 Å². The Morgan fingerprint density at radius 1 is 1.29 bits per heavy atom. The molecule has 2 bridgehead atoms. The van der Waals surface area contributed by atoms with E-state index in [4.69, 9.17) is 0 Å². The van der Waals surface area contributed by atoms with Crippen LogP contribution in [0.1, 0.15) is 38.5 Å².